The molecular formula is C11H10BrClN2O. The molecule has 1 atom stereocenters. The van der Waals surface area contributed by atoms with Gasteiger partial charge in [0.25, 0.3) is 0 Å². The van der Waals surface area contributed by atoms with Crippen LogP contribution in [0.3, 0.4) is 0 Å². The van der Waals surface area contributed by atoms with Gasteiger partial charge in [-0.1, -0.05) is 17.7 Å². The normalized spacial score (nSPS) is 12.8. The second-order valence-electron chi connectivity index (χ2n) is 3.52. The van der Waals surface area contributed by atoms with Crippen LogP contribution in [0.5, 0.6) is 0 Å². The van der Waals surface area contributed by atoms with Crippen molar-refractivity contribution in [2.24, 2.45) is 7.05 Å². The van der Waals surface area contributed by atoms with Crippen molar-refractivity contribution < 1.29 is 5.11 Å². The fourth-order valence-corrected chi connectivity index (χ4v) is 1.89. The summed E-state index contributed by atoms with van der Waals surface area (Å²) in [4.78, 5) is 0. The third kappa shape index (κ3) is 2.29. The number of hydrogen-bond acceptors (Lipinski definition) is 2. The molecule has 2 rings (SSSR count). The summed E-state index contributed by atoms with van der Waals surface area (Å²) in [5.74, 6) is 0. The Morgan fingerprint density at radius 3 is 2.75 bits per heavy atom. The quantitative estimate of drug-likeness (QED) is 0.926. The SMILES string of the molecule is Cn1cc(C(O)c2ccc(Br)c(Cl)c2)cn1. The first-order chi connectivity index (χ1) is 7.58. The van der Waals surface area contributed by atoms with Crippen LogP contribution in [0.25, 0.3) is 0 Å². The number of hydrogen-bond donors (Lipinski definition) is 1. The highest BCUT2D eigenvalue weighted by Gasteiger charge is 2.13. The standard InChI is InChI=1S/C11H10BrClN2O/c1-15-6-8(5-14-15)11(16)7-2-3-9(12)10(13)4-7/h2-6,11,16H,1H3. The van der Waals surface area contributed by atoms with Crippen molar-refractivity contribution in [2.45, 2.75) is 6.10 Å². The molecule has 0 bridgehead atoms. The Labute approximate surface area is 107 Å². The van der Waals surface area contributed by atoms with E-state index in [9.17, 15) is 5.11 Å². The molecule has 0 aliphatic carbocycles. The first-order valence-corrected chi connectivity index (χ1v) is 5.86. The number of benzene rings is 1. The zero-order chi connectivity index (χ0) is 11.7. The molecule has 3 nitrogen and oxygen atoms in total. The fraction of sp³-hybridized carbons (Fsp3) is 0.182. The van der Waals surface area contributed by atoms with Gasteiger partial charge in [-0.05, 0) is 33.6 Å². The third-order valence-electron chi connectivity index (χ3n) is 2.30. The van der Waals surface area contributed by atoms with Crippen LogP contribution in [0, 0.1) is 0 Å². The minimum atomic E-state index is -0.695. The molecule has 0 amide bonds. The Balaban J connectivity index is 2.33. The van der Waals surface area contributed by atoms with Gasteiger partial charge in [0.05, 0.1) is 11.2 Å². The summed E-state index contributed by atoms with van der Waals surface area (Å²) in [6.07, 6.45) is 2.72. The van der Waals surface area contributed by atoms with E-state index in [1.165, 1.54) is 0 Å². The van der Waals surface area contributed by atoms with Crippen LogP contribution in [0.1, 0.15) is 17.2 Å². The van der Waals surface area contributed by atoms with Gasteiger partial charge in [0.2, 0.25) is 0 Å². The largest absolute Gasteiger partial charge is 0.384 e. The highest BCUT2D eigenvalue weighted by molar-refractivity contribution is 9.10. The van der Waals surface area contributed by atoms with Gasteiger partial charge in [-0.25, -0.2) is 0 Å². The van der Waals surface area contributed by atoms with E-state index < -0.39 is 6.10 Å². The van der Waals surface area contributed by atoms with Crippen molar-refractivity contribution in [3.63, 3.8) is 0 Å². The smallest absolute Gasteiger partial charge is 0.107 e. The van der Waals surface area contributed by atoms with E-state index in [1.807, 2.05) is 19.2 Å². The number of aliphatic hydroxyl groups is 1. The van der Waals surface area contributed by atoms with Crippen molar-refractivity contribution in [3.05, 3.63) is 51.2 Å². The van der Waals surface area contributed by atoms with Gasteiger partial charge in [0, 0.05) is 23.3 Å². The summed E-state index contributed by atoms with van der Waals surface area (Å²) in [5.41, 5.74) is 1.50. The molecule has 2 aromatic rings. The summed E-state index contributed by atoms with van der Waals surface area (Å²) in [6.45, 7) is 0. The van der Waals surface area contributed by atoms with Gasteiger partial charge in [-0.3, -0.25) is 4.68 Å². The van der Waals surface area contributed by atoms with Crippen molar-refractivity contribution in [2.75, 3.05) is 0 Å². The molecule has 16 heavy (non-hydrogen) atoms. The molecule has 1 aromatic heterocycles. The second-order valence-corrected chi connectivity index (χ2v) is 4.78. The maximum absolute atomic E-state index is 10.1. The van der Waals surface area contributed by atoms with Gasteiger partial charge in [-0.15, -0.1) is 0 Å². The average Bonchev–Trinajstić information content (AvgIpc) is 2.68. The van der Waals surface area contributed by atoms with Crippen LogP contribution in [-0.2, 0) is 7.05 Å². The number of halogens is 2. The maximum Gasteiger partial charge on any atom is 0.107 e. The number of rotatable bonds is 2. The molecule has 5 heteroatoms. The monoisotopic (exact) mass is 300 g/mol. The summed E-state index contributed by atoms with van der Waals surface area (Å²) in [5, 5.41) is 14.7. The molecule has 84 valence electrons. The molecule has 0 spiro atoms. The van der Waals surface area contributed by atoms with Crippen LogP contribution < -0.4 is 0 Å². The van der Waals surface area contributed by atoms with Gasteiger partial charge < -0.3 is 5.11 Å². The molecule has 0 aliphatic rings. The predicted molar refractivity (Wildman–Crippen MR) is 66.4 cm³/mol. The summed E-state index contributed by atoms with van der Waals surface area (Å²) < 4.78 is 2.47. The van der Waals surface area contributed by atoms with Gasteiger partial charge >= 0.3 is 0 Å². The van der Waals surface area contributed by atoms with E-state index in [1.54, 1.807) is 23.1 Å². The summed E-state index contributed by atoms with van der Waals surface area (Å²) in [6, 6.07) is 5.38. The van der Waals surface area contributed by atoms with Crippen molar-refractivity contribution in [1.29, 1.82) is 0 Å². The Hall–Kier alpha value is -0.840. The van der Waals surface area contributed by atoms with Gasteiger partial charge in [0.15, 0.2) is 0 Å². The minimum Gasteiger partial charge on any atom is -0.384 e. The van der Waals surface area contributed by atoms with Crippen molar-refractivity contribution in [1.82, 2.24) is 9.78 Å². The van der Waals surface area contributed by atoms with E-state index in [0.29, 0.717) is 5.02 Å². The highest BCUT2D eigenvalue weighted by Crippen LogP contribution is 2.28. The lowest BCUT2D eigenvalue weighted by Gasteiger charge is -2.09. The van der Waals surface area contributed by atoms with Gasteiger partial charge in [-0.2, -0.15) is 5.10 Å². The summed E-state index contributed by atoms with van der Waals surface area (Å²) in [7, 11) is 1.81. The molecule has 0 radical (unpaired) electrons. The number of aliphatic hydroxyl groups excluding tert-OH is 1. The first-order valence-electron chi connectivity index (χ1n) is 4.69. The lowest BCUT2D eigenvalue weighted by molar-refractivity contribution is 0.220. The zero-order valence-corrected chi connectivity index (χ0v) is 10.9. The first kappa shape index (κ1) is 11.6. The average molecular weight is 302 g/mol. The maximum atomic E-state index is 10.1. The molecule has 0 fully saturated rings. The Morgan fingerprint density at radius 2 is 2.19 bits per heavy atom. The van der Waals surface area contributed by atoms with Crippen molar-refractivity contribution in [3.8, 4) is 0 Å². The Morgan fingerprint density at radius 1 is 1.44 bits per heavy atom. The molecular weight excluding hydrogens is 291 g/mol. The second kappa shape index (κ2) is 4.57. The van der Waals surface area contributed by atoms with E-state index in [4.69, 9.17) is 11.6 Å². The lowest BCUT2D eigenvalue weighted by Crippen LogP contribution is -1.98. The molecule has 1 N–H and O–H groups in total. The molecule has 1 unspecified atom stereocenters. The molecule has 0 aliphatic heterocycles. The van der Waals surface area contributed by atoms with Crippen LogP contribution in [0.4, 0.5) is 0 Å². The fourth-order valence-electron chi connectivity index (χ4n) is 1.46. The Kier molecular flexibility index (Phi) is 3.33. The summed E-state index contributed by atoms with van der Waals surface area (Å²) >= 11 is 9.28. The Bertz CT molecular complexity index is 512. The number of nitrogens with zero attached hydrogens (tertiary/aromatic N) is 2. The molecule has 0 saturated carbocycles. The van der Waals surface area contributed by atoms with Crippen LogP contribution in [0.2, 0.25) is 5.02 Å². The number of aryl methyl sites for hydroxylation is 1. The van der Waals surface area contributed by atoms with E-state index >= 15 is 0 Å². The lowest BCUT2D eigenvalue weighted by atomic mass is 10.1. The van der Waals surface area contributed by atoms with E-state index in [-0.39, 0.29) is 0 Å². The topological polar surface area (TPSA) is 38.0 Å². The van der Waals surface area contributed by atoms with Gasteiger partial charge in [0.1, 0.15) is 6.10 Å². The van der Waals surface area contributed by atoms with E-state index in [0.717, 1.165) is 15.6 Å². The van der Waals surface area contributed by atoms with Crippen LogP contribution in [-0.4, -0.2) is 14.9 Å². The molecule has 0 saturated heterocycles. The number of aromatic nitrogens is 2. The highest BCUT2D eigenvalue weighted by atomic mass is 79.9. The molecule has 1 aromatic carbocycles. The molecule has 1 heterocycles. The van der Waals surface area contributed by atoms with Crippen LogP contribution in [0.15, 0.2) is 35.1 Å². The van der Waals surface area contributed by atoms with E-state index in [2.05, 4.69) is 21.0 Å². The van der Waals surface area contributed by atoms with Crippen molar-refractivity contribution >= 4 is 27.5 Å². The minimum absolute atomic E-state index is 0.584. The van der Waals surface area contributed by atoms with Crippen LogP contribution >= 0.6 is 27.5 Å². The third-order valence-corrected chi connectivity index (χ3v) is 3.53. The predicted octanol–water partition coefficient (Wildman–Crippen LogP) is 2.92. The zero-order valence-electron chi connectivity index (χ0n) is 8.56.